The van der Waals surface area contributed by atoms with E-state index in [2.05, 4.69) is 20.4 Å². The van der Waals surface area contributed by atoms with Gasteiger partial charge in [0.1, 0.15) is 6.04 Å². The zero-order valence-electron chi connectivity index (χ0n) is 13.6. The number of nitrogens with zero attached hydrogens (tertiary/aromatic N) is 3. The van der Waals surface area contributed by atoms with Crippen LogP contribution < -0.4 is 5.32 Å². The largest absolute Gasteiger partial charge is 0.344 e. The molecule has 0 aliphatic heterocycles. The van der Waals surface area contributed by atoms with E-state index in [9.17, 15) is 4.79 Å². The molecular weight excluding hydrogens is 280 g/mol. The van der Waals surface area contributed by atoms with Gasteiger partial charge in [0.05, 0.1) is 0 Å². The summed E-state index contributed by atoms with van der Waals surface area (Å²) in [4.78, 5) is 20.7. The van der Waals surface area contributed by atoms with Crippen LogP contribution in [0.25, 0.3) is 11.4 Å². The van der Waals surface area contributed by atoms with E-state index in [-0.39, 0.29) is 17.9 Å². The molecule has 1 unspecified atom stereocenters. The van der Waals surface area contributed by atoms with Gasteiger partial charge in [-0.15, -0.1) is 0 Å². The monoisotopic (exact) mass is 302 g/mol. The first-order valence-electron chi connectivity index (χ1n) is 7.34. The van der Waals surface area contributed by atoms with Gasteiger partial charge >= 0.3 is 0 Å². The summed E-state index contributed by atoms with van der Waals surface area (Å²) in [6.07, 6.45) is 3.36. The first-order chi connectivity index (χ1) is 10.3. The van der Waals surface area contributed by atoms with Crippen LogP contribution in [-0.4, -0.2) is 21.0 Å². The third-order valence-electron chi connectivity index (χ3n) is 3.26. The molecule has 2 aromatic rings. The molecule has 2 aromatic heterocycles. The molecule has 0 spiro atoms. The SMILES string of the molecule is CC(C)C(NC(=O)C(C)(C)C)c1nc(-c2cccnc2)no1. The van der Waals surface area contributed by atoms with Crippen LogP contribution in [-0.2, 0) is 4.79 Å². The Morgan fingerprint density at radius 1 is 1.32 bits per heavy atom. The molecule has 2 rings (SSSR count). The van der Waals surface area contributed by atoms with E-state index in [0.717, 1.165) is 5.56 Å². The van der Waals surface area contributed by atoms with Crippen molar-refractivity contribution in [2.45, 2.75) is 40.7 Å². The maximum absolute atomic E-state index is 12.2. The molecule has 6 nitrogen and oxygen atoms in total. The molecule has 0 saturated heterocycles. The number of hydrogen-bond donors (Lipinski definition) is 1. The topological polar surface area (TPSA) is 80.9 Å². The Morgan fingerprint density at radius 3 is 2.59 bits per heavy atom. The number of hydrogen-bond acceptors (Lipinski definition) is 5. The van der Waals surface area contributed by atoms with Gasteiger partial charge in [-0.3, -0.25) is 9.78 Å². The second-order valence-electron chi connectivity index (χ2n) is 6.64. The highest BCUT2D eigenvalue weighted by molar-refractivity contribution is 5.81. The summed E-state index contributed by atoms with van der Waals surface area (Å²) < 4.78 is 5.35. The fourth-order valence-electron chi connectivity index (χ4n) is 1.85. The second-order valence-corrected chi connectivity index (χ2v) is 6.64. The van der Waals surface area contributed by atoms with Gasteiger partial charge in [-0.05, 0) is 18.1 Å². The zero-order valence-corrected chi connectivity index (χ0v) is 13.6. The van der Waals surface area contributed by atoms with Crippen molar-refractivity contribution in [2.24, 2.45) is 11.3 Å². The van der Waals surface area contributed by atoms with Crippen LogP contribution in [0.2, 0.25) is 0 Å². The lowest BCUT2D eigenvalue weighted by molar-refractivity contribution is -0.129. The highest BCUT2D eigenvalue weighted by atomic mass is 16.5. The maximum Gasteiger partial charge on any atom is 0.249 e. The van der Waals surface area contributed by atoms with Crippen molar-refractivity contribution in [3.63, 3.8) is 0 Å². The standard InChI is InChI=1S/C16H22N4O2/c1-10(2)12(18-15(21)16(3,4)5)14-19-13(20-22-14)11-7-6-8-17-9-11/h6-10,12H,1-5H3,(H,18,21). The molecule has 0 radical (unpaired) electrons. The summed E-state index contributed by atoms with van der Waals surface area (Å²) in [7, 11) is 0. The second kappa shape index (κ2) is 6.25. The predicted molar refractivity (Wildman–Crippen MR) is 82.7 cm³/mol. The van der Waals surface area contributed by atoms with Gasteiger partial charge in [-0.25, -0.2) is 0 Å². The Labute approximate surface area is 130 Å². The van der Waals surface area contributed by atoms with E-state index in [1.807, 2.05) is 46.8 Å². The molecule has 1 amide bonds. The number of pyridine rings is 1. The Balaban J connectivity index is 2.24. The lowest BCUT2D eigenvalue weighted by Gasteiger charge is -2.24. The molecule has 0 saturated carbocycles. The van der Waals surface area contributed by atoms with E-state index in [4.69, 9.17) is 4.52 Å². The van der Waals surface area contributed by atoms with E-state index in [1.54, 1.807) is 12.4 Å². The number of nitrogens with one attached hydrogen (secondary N) is 1. The zero-order chi connectivity index (χ0) is 16.3. The maximum atomic E-state index is 12.2. The molecule has 0 aliphatic carbocycles. The van der Waals surface area contributed by atoms with Crippen molar-refractivity contribution in [1.29, 1.82) is 0 Å². The summed E-state index contributed by atoms with van der Waals surface area (Å²) in [5, 5.41) is 6.97. The summed E-state index contributed by atoms with van der Waals surface area (Å²) in [5.41, 5.74) is 0.307. The third-order valence-corrected chi connectivity index (χ3v) is 3.26. The number of carbonyl (C=O) groups excluding carboxylic acids is 1. The summed E-state index contributed by atoms with van der Waals surface area (Å²) >= 11 is 0. The van der Waals surface area contributed by atoms with E-state index < -0.39 is 5.41 Å². The van der Waals surface area contributed by atoms with Crippen molar-refractivity contribution in [1.82, 2.24) is 20.4 Å². The molecule has 0 bridgehead atoms. The van der Waals surface area contributed by atoms with Gasteiger partial charge in [-0.2, -0.15) is 4.98 Å². The van der Waals surface area contributed by atoms with Gasteiger partial charge in [-0.1, -0.05) is 39.8 Å². The Kier molecular flexibility index (Phi) is 4.59. The van der Waals surface area contributed by atoms with Gasteiger partial charge in [0.2, 0.25) is 17.6 Å². The van der Waals surface area contributed by atoms with Crippen LogP contribution in [0.5, 0.6) is 0 Å². The number of aromatic nitrogens is 3. The number of amides is 1. The van der Waals surface area contributed by atoms with Crippen LogP contribution in [0.15, 0.2) is 29.0 Å². The summed E-state index contributed by atoms with van der Waals surface area (Å²) in [6, 6.07) is 3.36. The van der Waals surface area contributed by atoms with Crippen LogP contribution in [0, 0.1) is 11.3 Å². The number of rotatable bonds is 4. The van der Waals surface area contributed by atoms with E-state index >= 15 is 0 Å². The summed E-state index contributed by atoms with van der Waals surface area (Å²) in [5.74, 6) is 0.964. The molecule has 22 heavy (non-hydrogen) atoms. The highest BCUT2D eigenvalue weighted by Crippen LogP contribution is 2.25. The third kappa shape index (κ3) is 3.69. The molecule has 1 N–H and O–H groups in total. The fraction of sp³-hybridized carbons (Fsp3) is 0.500. The predicted octanol–water partition coefficient (Wildman–Crippen LogP) is 2.99. The molecule has 1 atom stereocenters. The lowest BCUT2D eigenvalue weighted by atomic mass is 9.94. The van der Waals surface area contributed by atoms with Crippen LogP contribution >= 0.6 is 0 Å². The molecule has 2 heterocycles. The van der Waals surface area contributed by atoms with E-state index in [0.29, 0.717) is 11.7 Å². The normalized spacial score (nSPS) is 13.2. The van der Waals surface area contributed by atoms with Gasteiger partial charge < -0.3 is 9.84 Å². The van der Waals surface area contributed by atoms with E-state index in [1.165, 1.54) is 0 Å². The molecule has 6 heteroatoms. The molecule has 0 aromatic carbocycles. The summed E-state index contributed by atoms with van der Waals surface area (Å²) in [6.45, 7) is 9.61. The van der Waals surface area contributed by atoms with Crippen molar-refractivity contribution < 1.29 is 9.32 Å². The van der Waals surface area contributed by atoms with Crippen molar-refractivity contribution in [3.8, 4) is 11.4 Å². The highest BCUT2D eigenvalue weighted by Gasteiger charge is 2.29. The van der Waals surface area contributed by atoms with Gasteiger partial charge in [0.15, 0.2) is 0 Å². The fourth-order valence-corrected chi connectivity index (χ4v) is 1.85. The number of carbonyl (C=O) groups is 1. The Morgan fingerprint density at radius 2 is 2.05 bits per heavy atom. The van der Waals surface area contributed by atoms with Gasteiger partial charge in [0.25, 0.3) is 0 Å². The van der Waals surface area contributed by atoms with Crippen molar-refractivity contribution in [3.05, 3.63) is 30.4 Å². The molecular formula is C16H22N4O2. The molecule has 118 valence electrons. The quantitative estimate of drug-likeness (QED) is 0.939. The van der Waals surface area contributed by atoms with Crippen molar-refractivity contribution in [2.75, 3.05) is 0 Å². The van der Waals surface area contributed by atoms with Gasteiger partial charge in [0, 0.05) is 23.4 Å². The van der Waals surface area contributed by atoms with Crippen molar-refractivity contribution >= 4 is 5.91 Å². The first-order valence-corrected chi connectivity index (χ1v) is 7.34. The molecule has 0 aliphatic rings. The van der Waals surface area contributed by atoms with Crippen LogP contribution in [0.4, 0.5) is 0 Å². The smallest absolute Gasteiger partial charge is 0.249 e. The average Bonchev–Trinajstić information content (AvgIpc) is 2.93. The lowest BCUT2D eigenvalue weighted by Crippen LogP contribution is -2.39. The van der Waals surface area contributed by atoms with Crippen LogP contribution in [0.1, 0.15) is 46.6 Å². The Hall–Kier alpha value is -2.24. The first kappa shape index (κ1) is 16.1. The Bertz CT molecular complexity index is 629. The van der Waals surface area contributed by atoms with Crippen LogP contribution in [0.3, 0.4) is 0 Å². The molecule has 0 fully saturated rings. The minimum absolute atomic E-state index is 0.0488. The minimum Gasteiger partial charge on any atom is -0.344 e. The average molecular weight is 302 g/mol. The minimum atomic E-state index is -0.473.